The van der Waals surface area contributed by atoms with Crippen LogP contribution in [0.25, 0.3) is 10.2 Å². The summed E-state index contributed by atoms with van der Waals surface area (Å²) < 4.78 is 0. The molecule has 3 aliphatic heterocycles. The minimum Gasteiger partial charge on any atom is -0.368 e. The summed E-state index contributed by atoms with van der Waals surface area (Å²) in [5.74, 6) is 0.911. The largest absolute Gasteiger partial charge is 0.368 e. The minimum atomic E-state index is 0. The predicted molar refractivity (Wildman–Crippen MR) is 96.6 cm³/mol. The Hall–Kier alpha value is -1.44. The van der Waals surface area contributed by atoms with Gasteiger partial charge in [-0.05, 0) is 50.8 Å². The molecular weight excluding hydrogens is 346 g/mol. The maximum Gasteiger partial charge on any atom is 0.261 e. The molecule has 1 spiro atoms. The molecule has 2 bridgehead atoms. The van der Waals surface area contributed by atoms with Crippen molar-refractivity contribution >= 4 is 45.8 Å². The van der Waals surface area contributed by atoms with Crippen LogP contribution in [0.15, 0.2) is 12.3 Å². The number of nitrogens with zero attached hydrogens (tertiary/aromatic N) is 3. The predicted octanol–water partition coefficient (Wildman–Crippen LogP) is 2.05. The van der Waals surface area contributed by atoms with Crippen LogP contribution in [0.1, 0.15) is 35.4 Å². The Morgan fingerprint density at radius 3 is 2.83 bits per heavy atom. The van der Waals surface area contributed by atoms with E-state index < -0.39 is 0 Å². The van der Waals surface area contributed by atoms with Crippen molar-refractivity contribution in [1.82, 2.24) is 20.2 Å². The number of thiophene rings is 1. The van der Waals surface area contributed by atoms with Crippen LogP contribution >= 0.6 is 23.7 Å². The number of fused-ring (bicyclic) bond motifs is 3. The Morgan fingerprint density at radius 2 is 2.12 bits per heavy atom. The number of nitrogen functional groups attached to an aromatic ring is 1. The van der Waals surface area contributed by atoms with Crippen LogP contribution in [0.3, 0.4) is 0 Å². The number of piperidine rings is 3. The zero-order chi connectivity index (χ0) is 15.6. The molecule has 6 nitrogen and oxygen atoms in total. The Balaban J connectivity index is 0.00000146. The van der Waals surface area contributed by atoms with Gasteiger partial charge in [-0.25, -0.2) is 9.97 Å². The van der Waals surface area contributed by atoms with Crippen LogP contribution in [0, 0.1) is 5.92 Å². The Morgan fingerprint density at radius 1 is 1.38 bits per heavy atom. The number of rotatable bonds is 2. The number of carbonyl (C=O) groups is 1. The maximum atomic E-state index is 12.8. The number of hydrogen-bond acceptors (Lipinski definition) is 6. The highest BCUT2D eigenvalue weighted by Gasteiger charge is 2.60. The van der Waals surface area contributed by atoms with Gasteiger partial charge in [-0.3, -0.25) is 9.69 Å². The van der Waals surface area contributed by atoms with E-state index in [1.54, 1.807) is 6.20 Å². The Labute approximate surface area is 150 Å². The average Bonchev–Trinajstić information content (AvgIpc) is 3.22. The smallest absolute Gasteiger partial charge is 0.261 e. The van der Waals surface area contributed by atoms with Gasteiger partial charge in [0.15, 0.2) is 0 Å². The molecule has 1 aliphatic carbocycles. The standard InChI is InChI=1S/C16H19N5OS.ClH/c17-15-18-8-10-7-11(23-14(10)20-15)13(22)19-12-9-1-5-21(6-2-9)16(12)3-4-16;/h7-9,12H,1-6H2,(H,19,22)(H2,17,18,20);1H/t12-;/m1./s1. The lowest BCUT2D eigenvalue weighted by atomic mass is 9.77. The fourth-order valence-corrected chi connectivity index (χ4v) is 5.40. The van der Waals surface area contributed by atoms with Crippen LogP contribution in [0.5, 0.6) is 0 Å². The second kappa shape index (κ2) is 5.54. The van der Waals surface area contributed by atoms with E-state index in [1.807, 2.05) is 6.07 Å². The van der Waals surface area contributed by atoms with Gasteiger partial charge in [-0.2, -0.15) is 0 Å². The van der Waals surface area contributed by atoms with Gasteiger partial charge in [0.25, 0.3) is 5.91 Å². The third-order valence-corrected chi connectivity index (χ3v) is 6.83. The molecule has 24 heavy (non-hydrogen) atoms. The van der Waals surface area contributed by atoms with Crippen LogP contribution in [0.2, 0.25) is 0 Å². The molecule has 0 radical (unpaired) electrons. The zero-order valence-electron chi connectivity index (χ0n) is 13.2. The molecule has 1 atom stereocenters. The van der Waals surface area contributed by atoms with Gasteiger partial charge in [-0.1, -0.05) is 0 Å². The normalized spacial score (nSPS) is 29.4. The highest BCUT2D eigenvalue weighted by molar-refractivity contribution is 7.20. The molecule has 2 aromatic heterocycles. The van der Waals surface area contributed by atoms with Crippen molar-refractivity contribution in [1.29, 1.82) is 0 Å². The van der Waals surface area contributed by atoms with Crippen molar-refractivity contribution in [3.05, 3.63) is 17.1 Å². The van der Waals surface area contributed by atoms with E-state index >= 15 is 0 Å². The van der Waals surface area contributed by atoms with Crippen LogP contribution in [-0.2, 0) is 0 Å². The summed E-state index contributed by atoms with van der Waals surface area (Å²) in [6.45, 7) is 2.41. The molecule has 3 N–H and O–H groups in total. The lowest BCUT2D eigenvalue weighted by Gasteiger charge is -2.52. The van der Waals surface area contributed by atoms with Crippen LogP contribution in [0.4, 0.5) is 5.95 Å². The number of amides is 1. The first-order valence-corrected chi connectivity index (χ1v) is 9.05. The molecule has 0 unspecified atom stereocenters. The lowest BCUT2D eigenvalue weighted by Crippen LogP contribution is -2.65. The van der Waals surface area contributed by atoms with Gasteiger partial charge in [0.1, 0.15) is 4.83 Å². The second-order valence-electron chi connectivity index (χ2n) is 6.98. The molecule has 4 fully saturated rings. The van der Waals surface area contributed by atoms with Crippen molar-refractivity contribution in [2.45, 2.75) is 37.3 Å². The molecule has 8 heteroatoms. The van der Waals surface area contributed by atoms with Crippen molar-refractivity contribution in [2.75, 3.05) is 18.8 Å². The maximum absolute atomic E-state index is 12.8. The van der Waals surface area contributed by atoms with E-state index in [0.29, 0.717) is 16.8 Å². The molecule has 0 aromatic carbocycles. The number of halogens is 1. The quantitative estimate of drug-likeness (QED) is 0.850. The van der Waals surface area contributed by atoms with Crippen molar-refractivity contribution in [2.24, 2.45) is 5.92 Å². The Bertz CT molecular complexity index is 797. The van der Waals surface area contributed by atoms with E-state index in [9.17, 15) is 4.79 Å². The summed E-state index contributed by atoms with van der Waals surface area (Å²) in [6, 6.07) is 2.18. The topological polar surface area (TPSA) is 84.1 Å². The second-order valence-corrected chi connectivity index (χ2v) is 8.01. The van der Waals surface area contributed by atoms with E-state index in [0.717, 1.165) is 10.2 Å². The molecule has 2 aromatic rings. The van der Waals surface area contributed by atoms with Crippen molar-refractivity contribution in [3.8, 4) is 0 Å². The number of anilines is 1. The molecule has 6 rings (SSSR count). The summed E-state index contributed by atoms with van der Waals surface area (Å²) in [5.41, 5.74) is 5.88. The molecule has 3 saturated heterocycles. The highest BCUT2D eigenvalue weighted by Crippen LogP contribution is 2.53. The van der Waals surface area contributed by atoms with Crippen LogP contribution < -0.4 is 11.1 Å². The zero-order valence-corrected chi connectivity index (χ0v) is 14.8. The molecule has 4 aliphatic rings. The van der Waals surface area contributed by atoms with Gasteiger partial charge in [0, 0.05) is 17.1 Å². The lowest BCUT2D eigenvalue weighted by molar-refractivity contribution is -0.00138. The van der Waals surface area contributed by atoms with E-state index in [4.69, 9.17) is 5.73 Å². The number of hydrogen-bond donors (Lipinski definition) is 2. The summed E-state index contributed by atoms with van der Waals surface area (Å²) >= 11 is 1.39. The van der Waals surface area contributed by atoms with E-state index in [2.05, 4.69) is 20.2 Å². The third-order valence-electron chi connectivity index (χ3n) is 5.78. The average molecular weight is 366 g/mol. The monoisotopic (exact) mass is 365 g/mol. The first kappa shape index (κ1) is 16.1. The molecule has 5 heterocycles. The Kier molecular flexibility index (Phi) is 3.71. The summed E-state index contributed by atoms with van der Waals surface area (Å²) in [7, 11) is 0. The summed E-state index contributed by atoms with van der Waals surface area (Å²) in [5, 5.41) is 4.22. The van der Waals surface area contributed by atoms with Gasteiger partial charge in [0.2, 0.25) is 5.95 Å². The van der Waals surface area contributed by atoms with E-state index in [-0.39, 0.29) is 29.8 Å². The fourth-order valence-electron chi connectivity index (χ4n) is 4.49. The molecular formula is C16H20ClN5OS. The van der Waals surface area contributed by atoms with E-state index in [1.165, 1.54) is 50.1 Å². The van der Waals surface area contributed by atoms with Crippen molar-refractivity contribution in [3.63, 3.8) is 0 Å². The highest BCUT2D eigenvalue weighted by atomic mass is 35.5. The number of carbonyl (C=O) groups excluding carboxylic acids is 1. The van der Waals surface area contributed by atoms with Crippen molar-refractivity contribution < 1.29 is 4.79 Å². The van der Waals surface area contributed by atoms with Crippen LogP contribution in [-0.4, -0.2) is 45.4 Å². The van der Waals surface area contributed by atoms with Gasteiger partial charge >= 0.3 is 0 Å². The minimum absolute atomic E-state index is 0. The molecule has 1 saturated carbocycles. The molecule has 1 amide bonds. The summed E-state index contributed by atoms with van der Waals surface area (Å²) in [4.78, 5) is 25.0. The fraction of sp³-hybridized carbons (Fsp3) is 0.562. The first-order chi connectivity index (χ1) is 11.2. The molecule has 128 valence electrons. The van der Waals surface area contributed by atoms with Gasteiger partial charge in [-0.15, -0.1) is 23.7 Å². The van der Waals surface area contributed by atoms with Gasteiger partial charge < -0.3 is 11.1 Å². The third kappa shape index (κ3) is 2.29. The van der Waals surface area contributed by atoms with Gasteiger partial charge in [0.05, 0.1) is 10.9 Å². The number of nitrogens with two attached hydrogens (primary N) is 1. The summed E-state index contributed by atoms with van der Waals surface area (Å²) in [6.07, 6.45) is 6.55. The number of aromatic nitrogens is 2. The number of nitrogens with one attached hydrogen (secondary N) is 1. The SMILES string of the molecule is Cl.Nc1ncc2cc(C(=O)N[C@@H]3C4CCN(CC4)C34CC4)sc2n1. The first-order valence-electron chi connectivity index (χ1n) is 8.24.